The molecule has 0 aromatic carbocycles. The molecule has 1 heteroatoms. The average molecular weight is 476 g/mol. The van der Waals surface area contributed by atoms with Gasteiger partial charge in [-0.25, -0.2) is 0 Å². The van der Waals surface area contributed by atoms with Gasteiger partial charge in [0.25, 0.3) is 0 Å². The van der Waals surface area contributed by atoms with Crippen LogP contribution in [0.15, 0.2) is 0 Å². The lowest BCUT2D eigenvalue weighted by molar-refractivity contribution is 0.342. The fraction of sp³-hybridized carbons (Fsp3) is 1.00. The van der Waals surface area contributed by atoms with Gasteiger partial charge in [0.15, 0.2) is 0 Å². The molecule has 0 aromatic heterocycles. The van der Waals surface area contributed by atoms with Crippen molar-refractivity contribution < 1.29 is 0 Å². The lowest BCUT2D eigenvalue weighted by Crippen LogP contribution is -2.24. The fourth-order valence-corrected chi connectivity index (χ4v) is 6.70. The minimum absolute atomic E-state index is 0.845. The first-order valence-corrected chi connectivity index (χ1v) is 16.6. The largest absolute Gasteiger partial charge is 0.314 e. The molecule has 0 radical (unpaired) electrons. The van der Waals surface area contributed by atoms with Gasteiger partial charge in [-0.2, -0.15) is 0 Å². The Morgan fingerprint density at radius 2 is 1.06 bits per heavy atom. The Balaban J connectivity index is 1.40. The Hall–Kier alpha value is -0.0400. The molecule has 2 fully saturated rings. The van der Waals surface area contributed by atoms with E-state index in [-0.39, 0.29) is 0 Å². The van der Waals surface area contributed by atoms with E-state index < -0.39 is 0 Å². The second-order valence-electron chi connectivity index (χ2n) is 12.5. The van der Waals surface area contributed by atoms with Crippen LogP contribution in [0.4, 0.5) is 0 Å². The fourth-order valence-electron chi connectivity index (χ4n) is 6.70. The first-order valence-electron chi connectivity index (χ1n) is 16.6. The molecule has 0 aromatic rings. The van der Waals surface area contributed by atoms with Crippen molar-refractivity contribution in [3.63, 3.8) is 0 Å². The van der Waals surface area contributed by atoms with Crippen LogP contribution in [-0.2, 0) is 0 Å². The molecule has 1 aliphatic carbocycles. The van der Waals surface area contributed by atoms with E-state index in [2.05, 4.69) is 19.2 Å². The van der Waals surface area contributed by atoms with E-state index in [1.807, 2.05) is 0 Å². The summed E-state index contributed by atoms with van der Waals surface area (Å²) in [5.74, 6) is 3.26. The van der Waals surface area contributed by atoms with Gasteiger partial charge >= 0.3 is 0 Å². The molecule has 4 atom stereocenters. The van der Waals surface area contributed by atoms with Gasteiger partial charge in [0.2, 0.25) is 0 Å². The minimum Gasteiger partial charge on any atom is -0.314 e. The van der Waals surface area contributed by atoms with Crippen molar-refractivity contribution in [1.82, 2.24) is 5.32 Å². The van der Waals surface area contributed by atoms with Crippen molar-refractivity contribution in [1.29, 1.82) is 0 Å². The van der Waals surface area contributed by atoms with Crippen LogP contribution >= 0.6 is 0 Å². The maximum atomic E-state index is 3.77. The summed E-state index contributed by atoms with van der Waals surface area (Å²) in [4.78, 5) is 0. The number of unbranched alkanes of at least 4 members (excludes halogenated alkanes) is 15. The molecular weight excluding hydrogens is 410 g/mol. The second-order valence-corrected chi connectivity index (χ2v) is 12.5. The minimum atomic E-state index is 0.845. The number of hydrogen-bond acceptors (Lipinski definition) is 1. The maximum Gasteiger partial charge on any atom is 0.00701 e. The average Bonchev–Trinajstić information content (AvgIpc) is 3.38. The van der Waals surface area contributed by atoms with Crippen LogP contribution in [0, 0.1) is 17.8 Å². The van der Waals surface area contributed by atoms with Crippen molar-refractivity contribution in [2.45, 2.75) is 187 Å². The van der Waals surface area contributed by atoms with Gasteiger partial charge in [0.1, 0.15) is 0 Å². The smallest absolute Gasteiger partial charge is 0.00701 e. The van der Waals surface area contributed by atoms with Gasteiger partial charge in [-0.15, -0.1) is 0 Å². The third-order valence-corrected chi connectivity index (χ3v) is 9.18. The van der Waals surface area contributed by atoms with Crippen LogP contribution in [0.25, 0.3) is 0 Å². The molecule has 2 rings (SSSR count). The van der Waals surface area contributed by atoms with E-state index in [1.165, 1.54) is 154 Å². The summed E-state index contributed by atoms with van der Waals surface area (Å²) in [5.41, 5.74) is 0. The van der Waals surface area contributed by atoms with Crippen molar-refractivity contribution >= 4 is 0 Å². The summed E-state index contributed by atoms with van der Waals surface area (Å²) < 4.78 is 0. The second kappa shape index (κ2) is 21.1. The highest BCUT2D eigenvalue weighted by molar-refractivity contribution is 4.85. The molecule has 1 N–H and O–H groups in total. The number of rotatable bonds is 25. The highest BCUT2D eigenvalue weighted by atomic mass is 14.9. The Bertz CT molecular complexity index is 426. The van der Waals surface area contributed by atoms with Gasteiger partial charge < -0.3 is 5.32 Å². The molecule has 4 unspecified atom stereocenters. The van der Waals surface area contributed by atoms with E-state index >= 15 is 0 Å². The molecule has 1 saturated carbocycles. The molecule has 0 amide bonds. The summed E-state index contributed by atoms with van der Waals surface area (Å²) in [7, 11) is 0. The van der Waals surface area contributed by atoms with Crippen molar-refractivity contribution in [3.05, 3.63) is 0 Å². The van der Waals surface area contributed by atoms with Gasteiger partial charge in [-0.3, -0.25) is 0 Å². The quantitative estimate of drug-likeness (QED) is 0.129. The van der Waals surface area contributed by atoms with E-state index in [9.17, 15) is 0 Å². The topological polar surface area (TPSA) is 12.0 Å². The van der Waals surface area contributed by atoms with Gasteiger partial charge in [0, 0.05) is 6.04 Å². The Morgan fingerprint density at radius 1 is 0.588 bits per heavy atom. The molecule has 34 heavy (non-hydrogen) atoms. The monoisotopic (exact) mass is 476 g/mol. The molecule has 202 valence electrons. The predicted molar refractivity (Wildman–Crippen MR) is 154 cm³/mol. The predicted octanol–water partition coefficient (Wildman–Crippen LogP) is 11.0. The van der Waals surface area contributed by atoms with Crippen LogP contribution in [0.3, 0.4) is 0 Å². The summed E-state index contributed by atoms with van der Waals surface area (Å²) in [6.45, 7) is 5.91. The van der Waals surface area contributed by atoms with E-state index in [0.717, 1.165) is 23.8 Å². The van der Waals surface area contributed by atoms with Crippen molar-refractivity contribution in [2.75, 3.05) is 6.54 Å². The normalized spacial score (nSPS) is 22.9. The third-order valence-electron chi connectivity index (χ3n) is 9.18. The lowest BCUT2D eigenvalue weighted by atomic mass is 9.88. The van der Waals surface area contributed by atoms with Gasteiger partial charge in [0.05, 0.1) is 0 Å². The molecule has 2 aliphatic rings. The molecule has 1 aliphatic heterocycles. The zero-order valence-electron chi connectivity index (χ0n) is 23.9. The molecule has 0 spiro atoms. The first kappa shape index (κ1) is 30.2. The van der Waals surface area contributed by atoms with E-state index in [1.54, 1.807) is 19.3 Å². The molecule has 1 heterocycles. The van der Waals surface area contributed by atoms with Crippen molar-refractivity contribution in [3.8, 4) is 0 Å². The summed E-state index contributed by atoms with van der Waals surface area (Å²) in [6, 6.07) is 0.845. The first-order chi connectivity index (χ1) is 16.8. The van der Waals surface area contributed by atoms with Crippen LogP contribution < -0.4 is 5.32 Å². The molecule has 1 nitrogen and oxygen atoms in total. The Kier molecular flexibility index (Phi) is 18.7. The zero-order chi connectivity index (χ0) is 24.1. The SMILES string of the molecule is CCCCCCCCC(CCCCCCCCC1CC1CCCCCCCC)CC1CCCN1. The molecule has 1 saturated heterocycles. The maximum absolute atomic E-state index is 3.77. The Morgan fingerprint density at radius 3 is 1.53 bits per heavy atom. The summed E-state index contributed by atoms with van der Waals surface area (Å²) in [6.07, 6.45) is 38.5. The van der Waals surface area contributed by atoms with Gasteiger partial charge in [-0.1, -0.05) is 155 Å². The van der Waals surface area contributed by atoms with Crippen LogP contribution in [0.1, 0.15) is 181 Å². The molecule has 0 bridgehead atoms. The Labute approximate surface area is 216 Å². The summed E-state index contributed by atoms with van der Waals surface area (Å²) in [5, 5.41) is 3.77. The van der Waals surface area contributed by atoms with Crippen molar-refractivity contribution in [2.24, 2.45) is 17.8 Å². The highest BCUT2D eigenvalue weighted by Gasteiger charge is 2.35. The molecular formula is C33H65N. The summed E-state index contributed by atoms with van der Waals surface area (Å²) >= 11 is 0. The third kappa shape index (κ3) is 15.9. The van der Waals surface area contributed by atoms with Gasteiger partial charge in [-0.05, 0) is 50.0 Å². The number of hydrogen-bond donors (Lipinski definition) is 1. The van der Waals surface area contributed by atoms with Crippen LogP contribution in [0.5, 0.6) is 0 Å². The van der Waals surface area contributed by atoms with Crippen LogP contribution in [-0.4, -0.2) is 12.6 Å². The highest BCUT2D eigenvalue weighted by Crippen LogP contribution is 2.45. The number of nitrogens with one attached hydrogen (secondary N) is 1. The lowest BCUT2D eigenvalue weighted by Gasteiger charge is -2.21. The van der Waals surface area contributed by atoms with E-state index in [4.69, 9.17) is 0 Å². The van der Waals surface area contributed by atoms with Crippen LogP contribution in [0.2, 0.25) is 0 Å². The standard InChI is InChI=1S/C33H65N/c1-3-5-7-9-13-17-22-30(28-33-26-21-27-34-33)23-18-14-11-12-16-20-25-32-29-31(32)24-19-15-10-8-6-4-2/h30-34H,3-29H2,1-2H3. The van der Waals surface area contributed by atoms with E-state index in [0.29, 0.717) is 0 Å². The zero-order valence-corrected chi connectivity index (χ0v) is 23.9.